The molecule has 1 aromatic heterocycles. The van der Waals surface area contributed by atoms with Crippen LogP contribution < -0.4 is 10.6 Å². The molecule has 0 radical (unpaired) electrons. The van der Waals surface area contributed by atoms with E-state index in [4.69, 9.17) is 12.2 Å². The fourth-order valence-electron chi connectivity index (χ4n) is 2.42. The molecule has 0 aliphatic heterocycles. The lowest BCUT2D eigenvalue weighted by molar-refractivity contribution is -0.137. The molecule has 0 bridgehead atoms. The molecule has 0 amide bonds. The molecule has 1 atom stereocenters. The van der Waals surface area contributed by atoms with Gasteiger partial charge in [-0.15, -0.1) is 0 Å². The first-order valence-corrected chi connectivity index (χ1v) is 7.90. The molecule has 2 aromatic rings. The molecule has 0 saturated carbocycles. The second-order valence-electron chi connectivity index (χ2n) is 5.40. The van der Waals surface area contributed by atoms with Gasteiger partial charge in [0.1, 0.15) is 0 Å². The first-order chi connectivity index (χ1) is 11.2. The molecular formula is C16H19F3N4S. The van der Waals surface area contributed by atoms with Gasteiger partial charge >= 0.3 is 6.18 Å². The average molecular weight is 356 g/mol. The second kappa shape index (κ2) is 7.21. The summed E-state index contributed by atoms with van der Waals surface area (Å²) in [6.07, 6.45) is -2.62. The van der Waals surface area contributed by atoms with E-state index in [1.165, 1.54) is 12.1 Å². The molecule has 2 N–H and O–H groups in total. The molecule has 1 aromatic carbocycles. The molecule has 2 rings (SSSR count). The van der Waals surface area contributed by atoms with E-state index in [2.05, 4.69) is 15.7 Å². The molecule has 130 valence electrons. The Morgan fingerprint density at radius 1 is 1.38 bits per heavy atom. The van der Waals surface area contributed by atoms with Gasteiger partial charge in [0.2, 0.25) is 0 Å². The molecule has 0 aliphatic carbocycles. The van der Waals surface area contributed by atoms with Gasteiger partial charge in [0.25, 0.3) is 0 Å². The summed E-state index contributed by atoms with van der Waals surface area (Å²) < 4.78 is 40.1. The van der Waals surface area contributed by atoms with Crippen molar-refractivity contribution < 1.29 is 13.2 Å². The number of anilines is 1. The number of aryl methyl sites for hydroxylation is 1. The van der Waals surface area contributed by atoms with Crippen molar-refractivity contribution in [1.29, 1.82) is 0 Å². The number of nitrogens with zero attached hydrogens (tertiary/aromatic N) is 2. The zero-order chi connectivity index (χ0) is 17.9. The van der Waals surface area contributed by atoms with Crippen LogP contribution in [0.4, 0.5) is 18.9 Å². The SMILES string of the molecule is CCn1ncc(C(C)NC(=S)Nc2cccc(C(F)(F)F)c2)c1C. The highest BCUT2D eigenvalue weighted by molar-refractivity contribution is 7.80. The van der Waals surface area contributed by atoms with Crippen LogP contribution in [-0.4, -0.2) is 14.9 Å². The molecule has 8 heteroatoms. The van der Waals surface area contributed by atoms with Crippen LogP contribution in [0.2, 0.25) is 0 Å². The van der Waals surface area contributed by atoms with Crippen LogP contribution in [0.15, 0.2) is 30.5 Å². The van der Waals surface area contributed by atoms with Crippen molar-refractivity contribution in [3.63, 3.8) is 0 Å². The number of halogens is 3. The minimum absolute atomic E-state index is 0.115. The maximum absolute atomic E-state index is 12.7. The minimum atomic E-state index is -4.38. The molecule has 1 unspecified atom stereocenters. The summed E-state index contributed by atoms with van der Waals surface area (Å²) in [5, 5.41) is 10.4. The predicted molar refractivity (Wildman–Crippen MR) is 91.9 cm³/mol. The standard InChI is InChI=1S/C16H19F3N4S/c1-4-23-11(3)14(9-20-23)10(2)21-15(24)22-13-7-5-6-12(8-13)16(17,18)19/h5-10H,4H2,1-3H3,(H2,21,22,24). The van der Waals surface area contributed by atoms with Gasteiger partial charge in [-0.3, -0.25) is 4.68 Å². The van der Waals surface area contributed by atoms with E-state index in [1.54, 1.807) is 6.20 Å². The molecular weight excluding hydrogens is 337 g/mol. The molecule has 0 spiro atoms. The van der Waals surface area contributed by atoms with Gasteiger partial charge in [-0.25, -0.2) is 0 Å². The van der Waals surface area contributed by atoms with Gasteiger partial charge in [0, 0.05) is 23.5 Å². The summed E-state index contributed by atoms with van der Waals surface area (Å²) in [5.41, 5.74) is 1.59. The molecule has 0 saturated heterocycles. The maximum atomic E-state index is 12.7. The summed E-state index contributed by atoms with van der Waals surface area (Å²) in [6, 6.07) is 4.81. The lowest BCUT2D eigenvalue weighted by Crippen LogP contribution is -2.31. The first kappa shape index (κ1) is 18.3. The summed E-state index contributed by atoms with van der Waals surface area (Å²) in [6.45, 7) is 6.66. The number of aromatic nitrogens is 2. The zero-order valence-corrected chi connectivity index (χ0v) is 14.4. The van der Waals surface area contributed by atoms with E-state index < -0.39 is 11.7 Å². The molecule has 0 aliphatic rings. The lowest BCUT2D eigenvalue weighted by atomic mass is 10.1. The van der Waals surface area contributed by atoms with Crippen molar-refractivity contribution >= 4 is 23.0 Å². The van der Waals surface area contributed by atoms with Gasteiger partial charge < -0.3 is 10.6 Å². The lowest BCUT2D eigenvalue weighted by Gasteiger charge is -2.17. The van der Waals surface area contributed by atoms with Crippen LogP contribution in [0.5, 0.6) is 0 Å². The molecule has 0 fully saturated rings. The fraction of sp³-hybridized carbons (Fsp3) is 0.375. The van der Waals surface area contributed by atoms with Crippen LogP contribution in [0.1, 0.15) is 36.7 Å². The van der Waals surface area contributed by atoms with Gasteiger partial charge in [0.05, 0.1) is 17.8 Å². The van der Waals surface area contributed by atoms with Crippen molar-refractivity contribution in [1.82, 2.24) is 15.1 Å². The third-order valence-corrected chi connectivity index (χ3v) is 3.92. The van der Waals surface area contributed by atoms with Crippen LogP contribution in [0.25, 0.3) is 0 Å². The van der Waals surface area contributed by atoms with E-state index in [9.17, 15) is 13.2 Å². The third-order valence-electron chi connectivity index (χ3n) is 3.70. The third kappa shape index (κ3) is 4.25. The zero-order valence-electron chi connectivity index (χ0n) is 13.6. The number of benzene rings is 1. The van der Waals surface area contributed by atoms with Crippen LogP contribution >= 0.6 is 12.2 Å². The Morgan fingerprint density at radius 2 is 2.08 bits per heavy atom. The highest BCUT2D eigenvalue weighted by atomic mass is 32.1. The van der Waals surface area contributed by atoms with E-state index in [0.29, 0.717) is 0 Å². The number of hydrogen-bond acceptors (Lipinski definition) is 2. The van der Waals surface area contributed by atoms with E-state index in [1.807, 2.05) is 25.5 Å². The normalized spacial score (nSPS) is 12.8. The van der Waals surface area contributed by atoms with Crippen LogP contribution in [-0.2, 0) is 12.7 Å². The number of nitrogens with one attached hydrogen (secondary N) is 2. The largest absolute Gasteiger partial charge is 0.416 e. The van der Waals surface area contributed by atoms with Gasteiger partial charge in [0.15, 0.2) is 5.11 Å². The number of hydrogen-bond donors (Lipinski definition) is 2. The number of rotatable bonds is 4. The number of alkyl halides is 3. The monoisotopic (exact) mass is 356 g/mol. The Kier molecular flexibility index (Phi) is 5.48. The summed E-state index contributed by atoms with van der Waals surface area (Å²) in [7, 11) is 0. The Bertz CT molecular complexity index is 724. The van der Waals surface area contributed by atoms with Crippen molar-refractivity contribution in [2.24, 2.45) is 0 Å². The highest BCUT2D eigenvalue weighted by Crippen LogP contribution is 2.30. The summed E-state index contributed by atoms with van der Waals surface area (Å²) in [4.78, 5) is 0. The Hall–Kier alpha value is -2.09. The molecule has 24 heavy (non-hydrogen) atoms. The van der Waals surface area contributed by atoms with Crippen molar-refractivity contribution in [3.8, 4) is 0 Å². The quantitative estimate of drug-likeness (QED) is 0.803. The summed E-state index contributed by atoms with van der Waals surface area (Å²) in [5.74, 6) is 0. The second-order valence-corrected chi connectivity index (χ2v) is 5.81. The predicted octanol–water partition coefficient (Wildman–Crippen LogP) is 4.28. The van der Waals surface area contributed by atoms with Gasteiger partial charge in [-0.1, -0.05) is 6.07 Å². The van der Waals surface area contributed by atoms with E-state index >= 15 is 0 Å². The van der Waals surface area contributed by atoms with Crippen molar-refractivity contribution in [2.75, 3.05) is 5.32 Å². The van der Waals surface area contributed by atoms with E-state index in [0.717, 1.165) is 29.9 Å². The van der Waals surface area contributed by atoms with Crippen molar-refractivity contribution in [3.05, 3.63) is 47.3 Å². The van der Waals surface area contributed by atoms with Crippen molar-refractivity contribution in [2.45, 2.75) is 39.5 Å². The van der Waals surface area contributed by atoms with Crippen LogP contribution in [0, 0.1) is 6.92 Å². The highest BCUT2D eigenvalue weighted by Gasteiger charge is 2.30. The average Bonchev–Trinajstić information content (AvgIpc) is 2.87. The Morgan fingerprint density at radius 3 is 2.67 bits per heavy atom. The first-order valence-electron chi connectivity index (χ1n) is 7.49. The fourth-order valence-corrected chi connectivity index (χ4v) is 2.71. The topological polar surface area (TPSA) is 41.9 Å². The van der Waals surface area contributed by atoms with E-state index in [-0.39, 0.29) is 16.8 Å². The summed E-state index contributed by atoms with van der Waals surface area (Å²) >= 11 is 5.20. The minimum Gasteiger partial charge on any atom is -0.356 e. The Balaban J connectivity index is 2.04. The van der Waals surface area contributed by atoms with Crippen LogP contribution in [0.3, 0.4) is 0 Å². The van der Waals surface area contributed by atoms with Gasteiger partial charge in [-0.2, -0.15) is 18.3 Å². The Labute approximate surface area is 144 Å². The maximum Gasteiger partial charge on any atom is 0.416 e. The van der Waals surface area contributed by atoms with Gasteiger partial charge in [-0.05, 0) is 51.2 Å². The smallest absolute Gasteiger partial charge is 0.356 e. The molecule has 4 nitrogen and oxygen atoms in total. The molecule has 1 heterocycles. The number of thiocarbonyl (C=S) groups is 1.